The Bertz CT molecular complexity index is 391. The van der Waals surface area contributed by atoms with Crippen LogP contribution in [0.3, 0.4) is 0 Å². The third-order valence-corrected chi connectivity index (χ3v) is 4.04. The van der Waals surface area contributed by atoms with Gasteiger partial charge in [0.05, 0.1) is 17.8 Å². The van der Waals surface area contributed by atoms with Crippen LogP contribution in [0.25, 0.3) is 0 Å². The molecule has 0 spiro atoms. The van der Waals surface area contributed by atoms with E-state index < -0.39 is 5.54 Å². The van der Waals surface area contributed by atoms with Crippen LogP contribution in [0.4, 0.5) is 5.13 Å². The second-order valence-electron chi connectivity index (χ2n) is 4.07. The molecule has 1 heterocycles. The molecule has 6 heteroatoms. The monoisotopic (exact) mass is 257 g/mol. The van der Waals surface area contributed by atoms with Crippen LogP contribution in [0.5, 0.6) is 0 Å². The second kappa shape index (κ2) is 5.46. The standard InChI is InChI=1S/C11H19N3O2S/c1-4-11(5-2,6-15)14-9(16)8-7(3)13-10(12)17-8/h15H,4-6H2,1-3H3,(H2,12,13)(H,14,16). The summed E-state index contributed by atoms with van der Waals surface area (Å²) in [6, 6.07) is 0. The van der Waals surface area contributed by atoms with Gasteiger partial charge in [0, 0.05) is 0 Å². The molecule has 1 amide bonds. The van der Waals surface area contributed by atoms with Crippen molar-refractivity contribution in [2.24, 2.45) is 0 Å². The highest BCUT2D eigenvalue weighted by Gasteiger charge is 2.29. The van der Waals surface area contributed by atoms with Gasteiger partial charge in [-0.3, -0.25) is 4.79 Å². The van der Waals surface area contributed by atoms with Gasteiger partial charge in [-0.1, -0.05) is 25.2 Å². The molecule has 96 valence electrons. The smallest absolute Gasteiger partial charge is 0.263 e. The summed E-state index contributed by atoms with van der Waals surface area (Å²) in [6.07, 6.45) is 1.36. The minimum Gasteiger partial charge on any atom is -0.394 e. The molecule has 1 aromatic heterocycles. The summed E-state index contributed by atoms with van der Waals surface area (Å²) in [5.74, 6) is -0.213. The number of hydrogen-bond acceptors (Lipinski definition) is 5. The lowest BCUT2D eigenvalue weighted by Gasteiger charge is -2.30. The Kier molecular flexibility index (Phi) is 4.47. The molecule has 0 aromatic carbocycles. The average molecular weight is 257 g/mol. The number of carbonyl (C=O) groups is 1. The van der Waals surface area contributed by atoms with Crippen LogP contribution in [-0.4, -0.2) is 28.1 Å². The summed E-state index contributed by atoms with van der Waals surface area (Å²) in [5, 5.41) is 12.7. The summed E-state index contributed by atoms with van der Waals surface area (Å²) < 4.78 is 0. The molecule has 4 N–H and O–H groups in total. The van der Waals surface area contributed by atoms with Crippen molar-refractivity contribution in [2.75, 3.05) is 12.3 Å². The van der Waals surface area contributed by atoms with Gasteiger partial charge in [-0.05, 0) is 19.8 Å². The van der Waals surface area contributed by atoms with E-state index in [4.69, 9.17) is 5.73 Å². The number of amides is 1. The number of nitrogens with two attached hydrogens (primary N) is 1. The van der Waals surface area contributed by atoms with Gasteiger partial charge in [0.2, 0.25) is 0 Å². The molecular weight excluding hydrogens is 238 g/mol. The minimum absolute atomic E-state index is 0.0704. The lowest BCUT2D eigenvalue weighted by atomic mass is 9.94. The van der Waals surface area contributed by atoms with E-state index >= 15 is 0 Å². The molecule has 0 aliphatic rings. The molecule has 1 aromatic rings. The predicted molar refractivity (Wildman–Crippen MR) is 69.1 cm³/mol. The number of aliphatic hydroxyl groups excluding tert-OH is 1. The number of hydrogen-bond donors (Lipinski definition) is 3. The Morgan fingerprint density at radius 1 is 1.53 bits per heavy atom. The van der Waals surface area contributed by atoms with Gasteiger partial charge in [-0.25, -0.2) is 4.98 Å². The van der Waals surface area contributed by atoms with E-state index in [2.05, 4.69) is 10.3 Å². The number of rotatable bonds is 5. The van der Waals surface area contributed by atoms with E-state index in [-0.39, 0.29) is 12.5 Å². The van der Waals surface area contributed by atoms with Gasteiger partial charge in [-0.2, -0.15) is 0 Å². The maximum Gasteiger partial charge on any atom is 0.263 e. The van der Waals surface area contributed by atoms with Gasteiger partial charge in [-0.15, -0.1) is 0 Å². The van der Waals surface area contributed by atoms with E-state index in [1.807, 2.05) is 13.8 Å². The molecule has 0 aliphatic heterocycles. The van der Waals surface area contributed by atoms with Crippen LogP contribution in [0.1, 0.15) is 42.1 Å². The van der Waals surface area contributed by atoms with Crippen LogP contribution in [-0.2, 0) is 0 Å². The first-order chi connectivity index (χ1) is 7.98. The molecule has 0 unspecified atom stereocenters. The minimum atomic E-state index is -0.553. The van der Waals surface area contributed by atoms with Gasteiger partial charge in [0.15, 0.2) is 5.13 Å². The zero-order valence-electron chi connectivity index (χ0n) is 10.4. The van der Waals surface area contributed by atoms with Crippen LogP contribution in [0.15, 0.2) is 0 Å². The van der Waals surface area contributed by atoms with E-state index in [1.165, 1.54) is 11.3 Å². The highest BCUT2D eigenvalue weighted by Crippen LogP contribution is 2.22. The number of carbonyl (C=O) groups excluding carboxylic acids is 1. The van der Waals surface area contributed by atoms with Gasteiger partial charge in [0.1, 0.15) is 4.88 Å². The Labute approximate surface area is 105 Å². The van der Waals surface area contributed by atoms with Gasteiger partial charge >= 0.3 is 0 Å². The van der Waals surface area contributed by atoms with Crippen molar-refractivity contribution in [1.29, 1.82) is 0 Å². The molecule has 1 rings (SSSR count). The molecule has 0 saturated heterocycles. The Morgan fingerprint density at radius 3 is 2.47 bits per heavy atom. The average Bonchev–Trinajstić information content (AvgIpc) is 2.65. The van der Waals surface area contributed by atoms with Crippen molar-refractivity contribution in [2.45, 2.75) is 39.2 Å². The first kappa shape index (κ1) is 13.9. The third-order valence-electron chi connectivity index (χ3n) is 3.05. The quantitative estimate of drug-likeness (QED) is 0.742. The number of aromatic nitrogens is 1. The summed E-state index contributed by atoms with van der Waals surface area (Å²) in [7, 11) is 0. The van der Waals surface area contributed by atoms with Crippen LogP contribution in [0, 0.1) is 6.92 Å². The van der Waals surface area contributed by atoms with Gasteiger partial charge < -0.3 is 16.2 Å². The summed E-state index contributed by atoms with van der Waals surface area (Å²) in [4.78, 5) is 16.6. The number of aryl methyl sites for hydroxylation is 1. The number of nitrogens with one attached hydrogen (secondary N) is 1. The highest BCUT2D eigenvalue weighted by molar-refractivity contribution is 7.17. The number of nitrogen functional groups attached to an aromatic ring is 1. The summed E-state index contributed by atoms with van der Waals surface area (Å²) >= 11 is 1.17. The highest BCUT2D eigenvalue weighted by atomic mass is 32.1. The van der Waals surface area contributed by atoms with E-state index in [9.17, 15) is 9.90 Å². The van der Waals surface area contributed by atoms with Crippen molar-refractivity contribution in [1.82, 2.24) is 10.3 Å². The number of thiazole rings is 1. The molecule has 0 radical (unpaired) electrons. The normalized spacial score (nSPS) is 11.5. The first-order valence-electron chi connectivity index (χ1n) is 5.64. The molecule has 5 nitrogen and oxygen atoms in total. The fraction of sp³-hybridized carbons (Fsp3) is 0.636. The molecule has 17 heavy (non-hydrogen) atoms. The fourth-order valence-electron chi connectivity index (χ4n) is 1.62. The maximum absolute atomic E-state index is 12.1. The zero-order valence-corrected chi connectivity index (χ0v) is 11.2. The summed E-state index contributed by atoms with van der Waals surface area (Å²) in [5.41, 5.74) is 5.63. The zero-order chi connectivity index (χ0) is 13.1. The Balaban J connectivity index is 2.88. The van der Waals surface area contributed by atoms with Crippen molar-refractivity contribution in [3.8, 4) is 0 Å². The van der Waals surface area contributed by atoms with Crippen LogP contribution in [0.2, 0.25) is 0 Å². The predicted octanol–water partition coefficient (Wildman–Crippen LogP) is 1.31. The third kappa shape index (κ3) is 2.95. The van der Waals surface area contributed by atoms with E-state index in [0.717, 1.165) is 0 Å². The Hall–Kier alpha value is -1.14. The molecule has 0 saturated carbocycles. The first-order valence-corrected chi connectivity index (χ1v) is 6.46. The number of nitrogens with zero attached hydrogens (tertiary/aromatic N) is 1. The fourth-order valence-corrected chi connectivity index (χ4v) is 2.34. The lowest BCUT2D eigenvalue weighted by molar-refractivity contribution is 0.0821. The van der Waals surface area contributed by atoms with E-state index in [1.54, 1.807) is 6.92 Å². The van der Waals surface area contributed by atoms with Gasteiger partial charge in [0.25, 0.3) is 5.91 Å². The number of anilines is 1. The molecular formula is C11H19N3O2S. The molecule has 0 atom stereocenters. The van der Waals surface area contributed by atoms with Crippen molar-refractivity contribution in [3.63, 3.8) is 0 Å². The molecule has 0 aliphatic carbocycles. The number of aliphatic hydroxyl groups is 1. The van der Waals surface area contributed by atoms with Crippen molar-refractivity contribution in [3.05, 3.63) is 10.6 Å². The molecule has 0 fully saturated rings. The Morgan fingerprint density at radius 2 is 2.12 bits per heavy atom. The SMILES string of the molecule is CCC(CC)(CO)NC(=O)c1sc(N)nc1C. The summed E-state index contributed by atoms with van der Waals surface area (Å²) in [6.45, 7) is 5.56. The van der Waals surface area contributed by atoms with Crippen LogP contribution < -0.4 is 11.1 Å². The second-order valence-corrected chi connectivity index (χ2v) is 5.10. The van der Waals surface area contributed by atoms with E-state index in [0.29, 0.717) is 28.5 Å². The molecule has 0 bridgehead atoms. The largest absolute Gasteiger partial charge is 0.394 e. The van der Waals surface area contributed by atoms with Crippen molar-refractivity contribution >= 4 is 22.4 Å². The lowest BCUT2D eigenvalue weighted by Crippen LogP contribution is -2.50. The topological polar surface area (TPSA) is 88.2 Å². The van der Waals surface area contributed by atoms with Crippen molar-refractivity contribution < 1.29 is 9.90 Å². The van der Waals surface area contributed by atoms with Crippen LogP contribution >= 0.6 is 11.3 Å². The maximum atomic E-state index is 12.1.